The third-order valence-corrected chi connectivity index (χ3v) is 2.29. The minimum absolute atomic E-state index is 0.0911. The summed E-state index contributed by atoms with van der Waals surface area (Å²) in [7, 11) is 0. The first-order valence-electron chi connectivity index (χ1n) is 4.87. The average molecular weight is 203 g/mol. The van der Waals surface area contributed by atoms with E-state index in [0.717, 1.165) is 0 Å². The van der Waals surface area contributed by atoms with Crippen LogP contribution in [0.1, 0.15) is 34.1 Å². The molecule has 0 aromatic heterocycles. The SMILES string of the molecule is CC(CO)CC(NC(=O)O)C(C)(C)C. The fourth-order valence-corrected chi connectivity index (χ4v) is 1.25. The minimum atomic E-state index is -1.00. The molecule has 3 N–H and O–H groups in total. The Morgan fingerprint density at radius 1 is 1.43 bits per heavy atom. The Kier molecular flexibility index (Phi) is 4.91. The molecule has 0 aliphatic rings. The molecule has 0 saturated carbocycles. The molecule has 0 heterocycles. The molecule has 0 saturated heterocycles. The molecule has 4 nitrogen and oxygen atoms in total. The molecule has 0 radical (unpaired) electrons. The number of nitrogens with one attached hydrogen (secondary N) is 1. The molecule has 0 bridgehead atoms. The van der Waals surface area contributed by atoms with E-state index in [9.17, 15) is 4.79 Å². The largest absolute Gasteiger partial charge is 0.465 e. The lowest BCUT2D eigenvalue weighted by atomic mass is 9.82. The standard InChI is InChI=1S/C10H21NO3/c1-7(6-12)5-8(10(2,3)4)11-9(13)14/h7-8,11-12H,5-6H2,1-4H3,(H,13,14). The number of hydrogen-bond donors (Lipinski definition) is 3. The van der Waals surface area contributed by atoms with Crippen LogP contribution < -0.4 is 5.32 Å². The van der Waals surface area contributed by atoms with E-state index in [2.05, 4.69) is 5.32 Å². The topological polar surface area (TPSA) is 69.6 Å². The normalized spacial score (nSPS) is 16.1. The molecule has 2 atom stereocenters. The van der Waals surface area contributed by atoms with Crippen molar-refractivity contribution >= 4 is 6.09 Å². The van der Waals surface area contributed by atoms with Crippen LogP contribution in [0.2, 0.25) is 0 Å². The summed E-state index contributed by atoms with van der Waals surface area (Å²) in [6, 6.07) is -0.123. The van der Waals surface area contributed by atoms with Gasteiger partial charge >= 0.3 is 6.09 Å². The third kappa shape index (κ3) is 5.07. The molecule has 84 valence electrons. The van der Waals surface area contributed by atoms with E-state index in [1.807, 2.05) is 27.7 Å². The van der Waals surface area contributed by atoms with Crippen molar-refractivity contribution < 1.29 is 15.0 Å². The van der Waals surface area contributed by atoms with Crippen molar-refractivity contribution in [2.75, 3.05) is 6.61 Å². The van der Waals surface area contributed by atoms with Gasteiger partial charge in [-0.25, -0.2) is 4.79 Å². The molecular weight excluding hydrogens is 182 g/mol. The number of aliphatic hydroxyl groups excluding tert-OH is 1. The second kappa shape index (κ2) is 5.20. The summed E-state index contributed by atoms with van der Waals surface area (Å²) in [5.41, 5.74) is -0.123. The summed E-state index contributed by atoms with van der Waals surface area (Å²) < 4.78 is 0. The molecule has 4 heteroatoms. The van der Waals surface area contributed by atoms with Crippen molar-refractivity contribution in [2.24, 2.45) is 11.3 Å². The van der Waals surface area contributed by atoms with Gasteiger partial charge in [0.15, 0.2) is 0 Å². The molecule has 0 aromatic carbocycles. The lowest BCUT2D eigenvalue weighted by Crippen LogP contribution is -2.44. The maximum atomic E-state index is 10.6. The number of rotatable bonds is 4. The Hall–Kier alpha value is -0.770. The molecule has 14 heavy (non-hydrogen) atoms. The van der Waals surface area contributed by atoms with E-state index < -0.39 is 6.09 Å². The highest BCUT2D eigenvalue weighted by atomic mass is 16.4. The lowest BCUT2D eigenvalue weighted by Gasteiger charge is -2.32. The third-order valence-electron chi connectivity index (χ3n) is 2.29. The Morgan fingerprint density at radius 2 is 1.93 bits per heavy atom. The Balaban J connectivity index is 4.33. The van der Waals surface area contributed by atoms with Gasteiger partial charge in [-0.05, 0) is 17.8 Å². The van der Waals surface area contributed by atoms with Crippen molar-refractivity contribution in [3.05, 3.63) is 0 Å². The number of carboxylic acid groups (broad SMARTS) is 1. The van der Waals surface area contributed by atoms with E-state index >= 15 is 0 Å². The molecule has 0 aliphatic carbocycles. The van der Waals surface area contributed by atoms with Crippen molar-refractivity contribution in [1.82, 2.24) is 5.32 Å². The predicted molar refractivity (Wildman–Crippen MR) is 55.3 cm³/mol. The summed E-state index contributed by atoms with van der Waals surface area (Å²) in [5.74, 6) is 0.117. The van der Waals surface area contributed by atoms with Crippen molar-refractivity contribution in [3.63, 3.8) is 0 Å². The summed E-state index contributed by atoms with van der Waals surface area (Å²) >= 11 is 0. The summed E-state index contributed by atoms with van der Waals surface area (Å²) in [5, 5.41) is 20.1. The molecule has 0 spiro atoms. The quantitative estimate of drug-likeness (QED) is 0.651. The first-order chi connectivity index (χ1) is 6.27. The van der Waals surface area contributed by atoms with Crippen LogP contribution >= 0.6 is 0 Å². The highest BCUT2D eigenvalue weighted by Gasteiger charge is 2.27. The number of hydrogen-bond acceptors (Lipinski definition) is 2. The van der Waals surface area contributed by atoms with Crippen LogP contribution in [0, 0.1) is 11.3 Å². The molecular formula is C10H21NO3. The van der Waals surface area contributed by atoms with Crippen molar-refractivity contribution in [2.45, 2.75) is 40.2 Å². The van der Waals surface area contributed by atoms with Crippen LogP contribution in [0.15, 0.2) is 0 Å². The maximum absolute atomic E-state index is 10.6. The Labute approximate surface area is 85.3 Å². The van der Waals surface area contributed by atoms with Gasteiger partial charge in [0, 0.05) is 12.6 Å². The van der Waals surface area contributed by atoms with Gasteiger partial charge in [-0.2, -0.15) is 0 Å². The summed E-state index contributed by atoms with van der Waals surface area (Å²) in [4.78, 5) is 10.6. The van der Waals surface area contributed by atoms with Gasteiger partial charge in [0.2, 0.25) is 0 Å². The van der Waals surface area contributed by atoms with Crippen LogP contribution in [0.3, 0.4) is 0 Å². The molecule has 0 rings (SSSR count). The molecule has 0 aliphatic heterocycles. The van der Waals surface area contributed by atoms with E-state index in [1.54, 1.807) is 0 Å². The van der Waals surface area contributed by atoms with Gasteiger partial charge in [0.1, 0.15) is 0 Å². The van der Waals surface area contributed by atoms with Crippen LogP contribution in [0.25, 0.3) is 0 Å². The van der Waals surface area contributed by atoms with E-state index in [-0.39, 0.29) is 24.0 Å². The summed E-state index contributed by atoms with van der Waals surface area (Å²) in [6.07, 6.45) is -0.346. The summed E-state index contributed by atoms with van der Waals surface area (Å²) in [6.45, 7) is 7.95. The van der Waals surface area contributed by atoms with E-state index in [4.69, 9.17) is 10.2 Å². The molecule has 0 fully saturated rings. The number of aliphatic hydroxyl groups is 1. The highest BCUT2D eigenvalue weighted by Crippen LogP contribution is 2.24. The minimum Gasteiger partial charge on any atom is -0.465 e. The van der Waals surface area contributed by atoms with E-state index in [0.29, 0.717) is 6.42 Å². The second-order valence-corrected chi connectivity index (χ2v) is 4.89. The van der Waals surface area contributed by atoms with Crippen molar-refractivity contribution in [1.29, 1.82) is 0 Å². The zero-order chi connectivity index (χ0) is 11.4. The first-order valence-corrected chi connectivity index (χ1v) is 4.87. The van der Waals surface area contributed by atoms with E-state index in [1.165, 1.54) is 0 Å². The number of amides is 1. The van der Waals surface area contributed by atoms with Crippen LogP contribution in [0.4, 0.5) is 4.79 Å². The van der Waals surface area contributed by atoms with Gasteiger partial charge in [-0.15, -0.1) is 0 Å². The van der Waals surface area contributed by atoms with Crippen molar-refractivity contribution in [3.8, 4) is 0 Å². The molecule has 2 unspecified atom stereocenters. The second-order valence-electron chi connectivity index (χ2n) is 4.89. The van der Waals surface area contributed by atoms with Gasteiger partial charge < -0.3 is 15.5 Å². The first kappa shape index (κ1) is 13.2. The van der Waals surface area contributed by atoms with Crippen LogP contribution in [-0.2, 0) is 0 Å². The number of carbonyl (C=O) groups is 1. The zero-order valence-electron chi connectivity index (χ0n) is 9.37. The lowest BCUT2D eigenvalue weighted by molar-refractivity contribution is 0.153. The smallest absolute Gasteiger partial charge is 0.404 e. The van der Waals surface area contributed by atoms with Gasteiger partial charge in [-0.3, -0.25) is 0 Å². The predicted octanol–water partition coefficient (Wildman–Crippen LogP) is 1.69. The fourth-order valence-electron chi connectivity index (χ4n) is 1.25. The monoisotopic (exact) mass is 203 g/mol. The zero-order valence-corrected chi connectivity index (χ0v) is 9.37. The maximum Gasteiger partial charge on any atom is 0.404 e. The molecule has 0 aromatic rings. The fraction of sp³-hybridized carbons (Fsp3) is 0.900. The van der Waals surface area contributed by atoms with Gasteiger partial charge in [-0.1, -0.05) is 27.7 Å². The van der Waals surface area contributed by atoms with Gasteiger partial charge in [0.25, 0.3) is 0 Å². The Bertz CT molecular complexity index is 186. The van der Waals surface area contributed by atoms with Crippen LogP contribution in [-0.4, -0.2) is 29.0 Å². The molecule has 1 amide bonds. The van der Waals surface area contributed by atoms with Crippen LogP contribution in [0.5, 0.6) is 0 Å². The van der Waals surface area contributed by atoms with Gasteiger partial charge in [0.05, 0.1) is 0 Å². The Morgan fingerprint density at radius 3 is 2.21 bits per heavy atom. The average Bonchev–Trinajstić information content (AvgIpc) is 2.00. The highest BCUT2D eigenvalue weighted by molar-refractivity contribution is 5.64.